The molecule has 2 aromatic carbocycles. The maximum absolute atomic E-state index is 11.8. The van der Waals surface area contributed by atoms with Crippen molar-refractivity contribution >= 4 is 23.3 Å². The van der Waals surface area contributed by atoms with Crippen LogP contribution < -0.4 is 10.1 Å². The lowest BCUT2D eigenvalue weighted by Gasteiger charge is -2.17. The van der Waals surface area contributed by atoms with E-state index < -0.39 is 0 Å². The Bertz CT molecular complexity index is 779. The number of rotatable bonds is 4. The highest BCUT2D eigenvalue weighted by Gasteiger charge is 2.12. The van der Waals surface area contributed by atoms with Crippen LogP contribution in [0.3, 0.4) is 0 Å². The largest absolute Gasteiger partial charge is 0.456 e. The van der Waals surface area contributed by atoms with Crippen molar-refractivity contribution in [2.45, 2.75) is 25.7 Å². The summed E-state index contributed by atoms with van der Waals surface area (Å²) in [6, 6.07) is 10.9. The molecule has 1 aliphatic rings. The minimum absolute atomic E-state index is 0.387. The molecule has 3 rings (SSSR count). The third kappa shape index (κ3) is 4.24. The third-order valence-electron chi connectivity index (χ3n) is 4.29. The topological polar surface area (TPSA) is 50.8 Å². The van der Waals surface area contributed by atoms with Crippen molar-refractivity contribution in [2.24, 2.45) is 0 Å². The number of urea groups is 1. The first kappa shape index (κ1) is 17.6. The molecular formula is C19H21ClN2O3. The number of anilines is 1. The van der Waals surface area contributed by atoms with Gasteiger partial charge in [-0.3, -0.25) is 4.84 Å². The molecule has 6 heteroatoms. The van der Waals surface area contributed by atoms with Crippen molar-refractivity contribution in [3.63, 3.8) is 0 Å². The van der Waals surface area contributed by atoms with Gasteiger partial charge in [-0.15, -0.1) is 0 Å². The van der Waals surface area contributed by atoms with Crippen LogP contribution in [-0.4, -0.2) is 25.3 Å². The van der Waals surface area contributed by atoms with Gasteiger partial charge >= 0.3 is 6.03 Å². The fourth-order valence-electron chi connectivity index (χ4n) is 2.85. The van der Waals surface area contributed by atoms with Crippen molar-refractivity contribution in [3.8, 4) is 11.5 Å². The molecule has 2 aromatic rings. The van der Waals surface area contributed by atoms with Crippen molar-refractivity contribution in [1.29, 1.82) is 0 Å². The number of ether oxygens (including phenoxy) is 1. The summed E-state index contributed by atoms with van der Waals surface area (Å²) in [5.41, 5.74) is 3.33. The van der Waals surface area contributed by atoms with E-state index in [0.29, 0.717) is 16.5 Å². The molecule has 132 valence electrons. The summed E-state index contributed by atoms with van der Waals surface area (Å²) < 4.78 is 5.92. The summed E-state index contributed by atoms with van der Waals surface area (Å²) in [7, 11) is 2.94. The van der Waals surface area contributed by atoms with Gasteiger partial charge in [-0.05, 0) is 67.1 Å². The van der Waals surface area contributed by atoms with E-state index in [1.54, 1.807) is 18.2 Å². The van der Waals surface area contributed by atoms with E-state index in [0.717, 1.165) is 23.7 Å². The van der Waals surface area contributed by atoms with Gasteiger partial charge in [0, 0.05) is 12.7 Å². The number of amides is 2. The van der Waals surface area contributed by atoms with Crippen LogP contribution in [0.15, 0.2) is 36.4 Å². The monoisotopic (exact) mass is 360 g/mol. The number of halogens is 1. The molecule has 0 atom stereocenters. The van der Waals surface area contributed by atoms with E-state index in [4.69, 9.17) is 21.2 Å². The highest BCUT2D eigenvalue weighted by atomic mass is 35.5. The quantitative estimate of drug-likeness (QED) is 0.777. The molecular weight excluding hydrogens is 340 g/mol. The van der Waals surface area contributed by atoms with Gasteiger partial charge in [0.15, 0.2) is 0 Å². The van der Waals surface area contributed by atoms with Gasteiger partial charge < -0.3 is 10.1 Å². The highest BCUT2D eigenvalue weighted by Crippen LogP contribution is 2.33. The molecule has 5 nitrogen and oxygen atoms in total. The lowest BCUT2D eigenvalue weighted by atomic mass is 9.92. The van der Waals surface area contributed by atoms with Crippen molar-refractivity contribution in [3.05, 3.63) is 52.5 Å². The van der Waals surface area contributed by atoms with Crippen LogP contribution in [0.1, 0.15) is 24.0 Å². The number of carbonyl (C=O) groups excluding carboxylic acids is 1. The van der Waals surface area contributed by atoms with E-state index in [1.807, 2.05) is 6.07 Å². The molecule has 2 amide bonds. The maximum atomic E-state index is 11.8. The molecule has 0 radical (unpaired) electrons. The standard InChI is InChI=1S/C19H21ClN2O3/c1-22(24-2)19(23)21-15-8-10-18(17(20)12-15)25-16-9-7-13-5-3-4-6-14(13)11-16/h7-12H,3-6H2,1-2H3,(H,21,23). The number of nitrogens with one attached hydrogen (secondary N) is 1. The van der Waals surface area contributed by atoms with Gasteiger partial charge in [-0.25, -0.2) is 9.86 Å². The summed E-state index contributed by atoms with van der Waals surface area (Å²) in [5.74, 6) is 1.33. The number of carbonyl (C=O) groups is 1. The number of benzene rings is 2. The van der Waals surface area contributed by atoms with Gasteiger partial charge in [-0.1, -0.05) is 17.7 Å². The minimum atomic E-state index is -0.387. The maximum Gasteiger partial charge on any atom is 0.345 e. The summed E-state index contributed by atoms with van der Waals surface area (Å²) in [6.07, 6.45) is 4.71. The lowest BCUT2D eigenvalue weighted by Crippen LogP contribution is -2.30. The van der Waals surface area contributed by atoms with Crippen LogP contribution in [0.25, 0.3) is 0 Å². The molecule has 0 heterocycles. The van der Waals surface area contributed by atoms with E-state index in [-0.39, 0.29) is 6.03 Å². The summed E-state index contributed by atoms with van der Waals surface area (Å²) in [5, 5.41) is 4.20. The summed E-state index contributed by atoms with van der Waals surface area (Å²) in [4.78, 5) is 16.6. The first-order valence-electron chi connectivity index (χ1n) is 8.25. The lowest BCUT2D eigenvalue weighted by molar-refractivity contribution is -0.0598. The average molecular weight is 361 g/mol. The molecule has 0 fully saturated rings. The molecule has 0 unspecified atom stereocenters. The van der Waals surface area contributed by atoms with E-state index >= 15 is 0 Å². The molecule has 0 aromatic heterocycles. The van der Waals surface area contributed by atoms with Crippen molar-refractivity contribution in [1.82, 2.24) is 5.06 Å². The second kappa shape index (κ2) is 7.76. The SMILES string of the molecule is CON(C)C(=O)Nc1ccc(Oc2ccc3c(c2)CCCC3)c(Cl)c1. The van der Waals surface area contributed by atoms with Crippen molar-refractivity contribution < 1.29 is 14.4 Å². The first-order valence-corrected chi connectivity index (χ1v) is 8.62. The summed E-state index contributed by atoms with van der Waals surface area (Å²) in [6.45, 7) is 0. The second-order valence-electron chi connectivity index (χ2n) is 6.00. The van der Waals surface area contributed by atoms with Crippen LogP contribution in [0, 0.1) is 0 Å². The molecule has 0 spiro atoms. The first-order chi connectivity index (χ1) is 12.1. The Hall–Kier alpha value is -2.24. The number of hydrogen-bond acceptors (Lipinski definition) is 3. The van der Waals surface area contributed by atoms with Gasteiger partial charge in [-0.2, -0.15) is 0 Å². The van der Waals surface area contributed by atoms with Crippen LogP contribution in [0.5, 0.6) is 11.5 Å². The fourth-order valence-corrected chi connectivity index (χ4v) is 3.07. The second-order valence-corrected chi connectivity index (χ2v) is 6.40. The van der Waals surface area contributed by atoms with Crippen molar-refractivity contribution in [2.75, 3.05) is 19.5 Å². The Labute approximate surface area is 152 Å². The summed E-state index contributed by atoms with van der Waals surface area (Å²) >= 11 is 6.30. The van der Waals surface area contributed by atoms with Crippen LogP contribution >= 0.6 is 11.6 Å². The van der Waals surface area contributed by atoms with Crippen LogP contribution in [0.4, 0.5) is 10.5 Å². The Kier molecular flexibility index (Phi) is 5.46. The normalized spacial score (nSPS) is 13.1. The number of hydrogen-bond donors (Lipinski definition) is 1. The van der Waals surface area contributed by atoms with Gasteiger partial charge in [0.25, 0.3) is 0 Å². The highest BCUT2D eigenvalue weighted by molar-refractivity contribution is 6.32. The number of nitrogens with zero attached hydrogens (tertiary/aromatic N) is 1. The minimum Gasteiger partial charge on any atom is -0.456 e. The smallest absolute Gasteiger partial charge is 0.345 e. The van der Waals surface area contributed by atoms with E-state index in [9.17, 15) is 4.79 Å². The molecule has 25 heavy (non-hydrogen) atoms. The molecule has 0 aliphatic heterocycles. The number of fused-ring (bicyclic) bond motifs is 1. The Morgan fingerprint density at radius 3 is 2.60 bits per heavy atom. The van der Waals surface area contributed by atoms with E-state index in [1.165, 1.54) is 38.1 Å². The Morgan fingerprint density at radius 2 is 1.88 bits per heavy atom. The Balaban J connectivity index is 1.72. The molecule has 0 saturated heterocycles. The Morgan fingerprint density at radius 1 is 1.12 bits per heavy atom. The number of hydroxylamine groups is 2. The predicted molar refractivity (Wildman–Crippen MR) is 98.4 cm³/mol. The van der Waals surface area contributed by atoms with Crippen LogP contribution in [-0.2, 0) is 17.7 Å². The molecule has 0 saturated carbocycles. The predicted octanol–water partition coefficient (Wildman–Crippen LogP) is 5.04. The zero-order chi connectivity index (χ0) is 17.8. The van der Waals surface area contributed by atoms with Gasteiger partial charge in [0.1, 0.15) is 11.5 Å². The molecule has 1 aliphatic carbocycles. The van der Waals surface area contributed by atoms with Gasteiger partial charge in [0.2, 0.25) is 0 Å². The van der Waals surface area contributed by atoms with Gasteiger partial charge in [0.05, 0.1) is 12.1 Å². The third-order valence-corrected chi connectivity index (χ3v) is 4.59. The fraction of sp³-hybridized carbons (Fsp3) is 0.316. The molecule has 0 bridgehead atoms. The number of aryl methyl sites for hydroxylation is 2. The zero-order valence-corrected chi connectivity index (χ0v) is 15.1. The molecule has 1 N–H and O–H groups in total. The average Bonchev–Trinajstić information content (AvgIpc) is 2.63. The van der Waals surface area contributed by atoms with Crippen LogP contribution in [0.2, 0.25) is 5.02 Å². The zero-order valence-electron chi connectivity index (χ0n) is 14.3. The van der Waals surface area contributed by atoms with E-state index in [2.05, 4.69) is 17.4 Å².